The van der Waals surface area contributed by atoms with Crippen molar-refractivity contribution in [2.45, 2.75) is 13.0 Å². The number of halogens is 1. The smallest absolute Gasteiger partial charge is 0.248 e. The van der Waals surface area contributed by atoms with Gasteiger partial charge >= 0.3 is 0 Å². The Morgan fingerprint density at radius 3 is 2.54 bits per heavy atom. The van der Waals surface area contributed by atoms with E-state index in [0.717, 1.165) is 11.3 Å². The maximum absolute atomic E-state index is 12.2. The number of carbonyl (C=O) groups is 1. The number of nitrogens with two attached hydrogens (primary N) is 1. The van der Waals surface area contributed by atoms with Crippen LogP contribution in [0.3, 0.4) is 0 Å². The number of amides is 1. The van der Waals surface area contributed by atoms with Crippen molar-refractivity contribution in [2.24, 2.45) is 16.6 Å². The number of nitrogens with zero attached hydrogens (tertiary/aromatic N) is 4. The molecule has 0 saturated carbocycles. The van der Waals surface area contributed by atoms with Gasteiger partial charge in [0.05, 0.1) is 18.2 Å². The number of hydrogen-bond acceptors (Lipinski definition) is 5. The van der Waals surface area contributed by atoms with Crippen molar-refractivity contribution < 1.29 is 9.53 Å². The highest BCUT2D eigenvalue weighted by Crippen LogP contribution is 2.37. The standard InChI is InChI=1S/C20H18ClN5O2/c1-11-16(18(22)27)17(12-7-9-13(28-2)10-8-12)26-20(23-11)24-19(25-26)14-5-3-4-6-15(14)21/h3-10,16-17H,1-2H3,(H2,22,27). The number of primary amides is 1. The van der Waals surface area contributed by atoms with Crippen LogP contribution in [0.1, 0.15) is 18.5 Å². The van der Waals surface area contributed by atoms with Gasteiger partial charge in [0.15, 0.2) is 5.82 Å². The summed E-state index contributed by atoms with van der Waals surface area (Å²) in [5, 5.41) is 5.16. The van der Waals surface area contributed by atoms with E-state index in [1.807, 2.05) is 42.5 Å². The summed E-state index contributed by atoms with van der Waals surface area (Å²) < 4.78 is 6.87. The second-order valence-corrected chi connectivity index (χ2v) is 6.92. The molecule has 2 atom stereocenters. The molecule has 0 fully saturated rings. The summed E-state index contributed by atoms with van der Waals surface area (Å²) >= 11 is 6.30. The summed E-state index contributed by atoms with van der Waals surface area (Å²) in [5.74, 6) is 0.465. The van der Waals surface area contributed by atoms with Gasteiger partial charge in [-0.3, -0.25) is 4.79 Å². The molecule has 1 aliphatic rings. The lowest BCUT2D eigenvalue weighted by atomic mass is 9.88. The molecule has 0 spiro atoms. The zero-order chi connectivity index (χ0) is 19.8. The molecule has 7 nitrogen and oxygen atoms in total. The van der Waals surface area contributed by atoms with E-state index in [1.165, 1.54) is 0 Å². The highest BCUT2D eigenvalue weighted by Gasteiger charge is 2.38. The average Bonchev–Trinajstić information content (AvgIpc) is 3.10. The Bertz CT molecular complexity index is 1070. The largest absolute Gasteiger partial charge is 0.497 e. The van der Waals surface area contributed by atoms with Crippen LogP contribution in [0.5, 0.6) is 5.75 Å². The van der Waals surface area contributed by atoms with Crippen LogP contribution >= 0.6 is 11.6 Å². The lowest BCUT2D eigenvalue weighted by Gasteiger charge is -2.29. The van der Waals surface area contributed by atoms with Gasteiger partial charge in [0.1, 0.15) is 11.7 Å². The van der Waals surface area contributed by atoms with Crippen LogP contribution in [-0.2, 0) is 4.79 Å². The van der Waals surface area contributed by atoms with Gasteiger partial charge in [-0.25, -0.2) is 9.67 Å². The lowest BCUT2D eigenvalue weighted by Crippen LogP contribution is -2.39. The van der Waals surface area contributed by atoms with E-state index in [9.17, 15) is 4.79 Å². The van der Waals surface area contributed by atoms with Crippen molar-refractivity contribution >= 4 is 29.2 Å². The Kier molecular flexibility index (Phi) is 4.60. The van der Waals surface area contributed by atoms with Crippen LogP contribution in [0.25, 0.3) is 11.4 Å². The van der Waals surface area contributed by atoms with Crippen LogP contribution in [0.2, 0.25) is 5.02 Å². The van der Waals surface area contributed by atoms with Crippen LogP contribution in [0, 0.1) is 5.92 Å². The molecule has 2 heterocycles. The number of aliphatic imine (C=N–C) groups is 1. The van der Waals surface area contributed by atoms with Crippen molar-refractivity contribution in [3.8, 4) is 17.1 Å². The van der Waals surface area contributed by atoms with E-state index in [1.54, 1.807) is 24.8 Å². The second-order valence-electron chi connectivity index (χ2n) is 6.51. The molecule has 4 rings (SSSR count). The van der Waals surface area contributed by atoms with Gasteiger partial charge in [-0.05, 0) is 36.8 Å². The number of fused-ring (bicyclic) bond motifs is 1. The Balaban J connectivity index is 1.88. The van der Waals surface area contributed by atoms with Crippen LogP contribution in [0.4, 0.5) is 5.95 Å². The first kappa shape index (κ1) is 18.2. The molecule has 2 aromatic carbocycles. The molecular formula is C20H18ClN5O2. The first-order valence-electron chi connectivity index (χ1n) is 8.69. The second kappa shape index (κ2) is 7.09. The normalized spacial score (nSPS) is 18.3. The number of carbonyl (C=O) groups excluding carboxylic acids is 1. The number of hydrogen-bond donors (Lipinski definition) is 1. The Morgan fingerprint density at radius 2 is 1.89 bits per heavy atom. The number of ether oxygens (including phenoxy) is 1. The Hall–Kier alpha value is -3.19. The van der Waals surface area contributed by atoms with E-state index in [0.29, 0.717) is 28.1 Å². The SMILES string of the molecule is COc1ccc(C2C(C(N)=O)C(C)=Nc3nc(-c4ccccc4Cl)nn32)cc1. The van der Waals surface area contributed by atoms with Crippen molar-refractivity contribution in [1.29, 1.82) is 0 Å². The van der Waals surface area contributed by atoms with Crippen LogP contribution in [-0.4, -0.2) is 33.5 Å². The molecule has 1 amide bonds. The molecule has 0 bridgehead atoms. The summed E-state index contributed by atoms with van der Waals surface area (Å²) in [6, 6.07) is 14.3. The molecule has 2 unspecified atom stereocenters. The fourth-order valence-corrected chi connectivity index (χ4v) is 3.65. The molecule has 3 aromatic rings. The predicted molar refractivity (Wildman–Crippen MR) is 107 cm³/mol. The van der Waals surface area contributed by atoms with Gasteiger partial charge in [-0.2, -0.15) is 4.98 Å². The number of aromatic nitrogens is 3. The van der Waals surface area contributed by atoms with Crippen LogP contribution in [0.15, 0.2) is 53.5 Å². The minimum atomic E-state index is -0.637. The zero-order valence-electron chi connectivity index (χ0n) is 15.3. The van der Waals surface area contributed by atoms with E-state index in [4.69, 9.17) is 22.1 Å². The van der Waals surface area contributed by atoms with E-state index in [-0.39, 0.29) is 0 Å². The minimum Gasteiger partial charge on any atom is -0.497 e. The molecule has 28 heavy (non-hydrogen) atoms. The molecular weight excluding hydrogens is 378 g/mol. The van der Waals surface area contributed by atoms with Crippen molar-refractivity contribution in [1.82, 2.24) is 14.8 Å². The van der Waals surface area contributed by atoms with Crippen molar-refractivity contribution in [3.63, 3.8) is 0 Å². The average molecular weight is 396 g/mol. The van der Waals surface area contributed by atoms with Crippen molar-refractivity contribution in [2.75, 3.05) is 7.11 Å². The highest BCUT2D eigenvalue weighted by atomic mass is 35.5. The summed E-state index contributed by atoms with van der Waals surface area (Å²) in [6.45, 7) is 1.78. The first-order chi connectivity index (χ1) is 13.5. The van der Waals surface area contributed by atoms with Gasteiger partial charge in [-0.1, -0.05) is 35.9 Å². The molecule has 0 aliphatic carbocycles. The molecule has 0 radical (unpaired) electrons. The maximum Gasteiger partial charge on any atom is 0.248 e. The lowest BCUT2D eigenvalue weighted by molar-refractivity contribution is -0.120. The van der Waals surface area contributed by atoms with E-state index < -0.39 is 17.9 Å². The molecule has 0 saturated heterocycles. The van der Waals surface area contributed by atoms with Gasteiger partial charge in [0.2, 0.25) is 11.9 Å². The quantitative estimate of drug-likeness (QED) is 0.732. The summed E-state index contributed by atoms with van der Waals surface area (Å²) in [7, 11) is 1.60. The van der Waals surface area contributed by atoms with Gasteiger partial charge in [-0.15, -0.1) is 5.10 Å². The molecule has 142 valence electrons. The van der Waals surface area contributed by atoms with Gasteiger partial charge in [0, 0.05) is 11.3 Å². The zero-order valence-corrected chi connectivity index (χ0v) is 16.1. The third kappa shape index (κ3) is 3.03. The summed E-state index contributed by atoms with van der Waals surface area (Å²) in [6.07, 6.45) is 0. The molecule has 1 aliphatic heterocycles. The first-order valence-corrected chi connectivity index (χ1v) is 9.07. The van der Waals surface area contributed by atoms with Crippen molar-refractivity contribution in [3.05, 3.63) is 59.1 Å². The van der Waals surface area contributed by atoms with E-state index in [2.05, 4.69) is 15.1 Å². The summed E-state index contributed by atoms with van der Waals surface area (Å²) in [5.41, 5.74) is 7.86. The van der Waals surface area contributed by atoms with Gasteiger partial charge in [0.25, 0.3) is 0 Å². The fraction of sp³-hybridized carbons (Fsp3) is 0.200. The molecule has 8 heteroatoms. The maximum atomic E-state index is 12.2. The number of methoxy groups -OCH3 is 1. The number of rotatable bonds is 4. The van der Waals surface area contributed by atoms with Gasteiger partial charge < -0.3 is 10.5 Å². The van der Waals surface area contributed by atoms with E-state index >= 15 is 0 Å². The Labute approximate surface area is 166 Å². The molecule has 1 aromatic heterocycles. The minimum absolute atomic E-state index is 0.408. The highest BCUT2D eigenvalue weighted by molar-refractivity contribution is 6.33. The predicted octanol–water partition coefficient (Wildman–Crippen LogP) is 3.40. The third-order valence-electron chi connectivity index (χ3n) is 4.80. The topological polar surface area (TPSA) is 95.4 Å². The fourth-order valence-electron chi connectivity index (χ4n) is 3.43. The van der Waals surface area contributed by atoms with Crippen LogP contribution < -0.4 is 10.5 Å². The Morgan fingerprint density at radius 1 is 1.18 bits per heavy atom. The monoisotopic (exact) mass is 395 g/mol. The molecule has 2 N–H and O–H groups in total. The third-order valence-corrected chi connectivity index (χ3v) is 5.13. The number of benzene rings is 2. The summed E-state index contributed by atoms with van der Waals surface area (Å²) in [4.78, 5) is 21.3.